The van der Waals surface area contributed by atoms with Gasteiger partial charge in [0.25, 0.3) is 0 Å². The molecule has 23 heavy (non-hydrogen) atoms. The summed E-state index contributed by atoms with van der Waals surface area (Å²) in [5, 5.41) is 1.61. The lowest BCUT2D eigenvalue weighted by Gasteiger charge is -2.41. The van der Waals surface area contributed by atoms with Crippen LogP contribution in [0.25, 0.3) is 0 Å². The minimum atomic E-state index is -1.86. The molecule has 128 valence electrons. The summed E-state index contributed by atoms with van der Waals surface area (Å²) in [4.78, 5) is 0. The molecule has 0 spiro atoms. The highest BCUT2D eigenvalue weighted by atomic mass is 28.4. The Hall–Kier alpha value is -0.986. The Morgan fingerprint density at radius 1 is 1.22 bits per heavy atom. The summed E-state index contributed by atoms with van der Waals surface area (Å²) in [6.07, 6.45) is 13.0. The van der Waals surface area contributed by atoms with Crippen LogP contribution in [0.5, 0.6) is 0 Å². The number of hydrogen-bond acceptors (Lipinski definition) is 1. The fraction of sp³-hybridized carbons (Fsp3) is 0.600. The molecule has 1 rings (SSSR count). The molecular formula is C20H34OSi2. The first-order valence-electron chi connectivity index (χ1n) is 8.53. The summed E-state index contributed by atoms with van der Waals surface area (Å²) < 4.78 is 6.71. The maximum atomic E-state index is 6.71. The van der Waals surface area contributed by atoms with Crippen molar-refractivity contribution in [3.05, 3.63) is 35.8 Å². The van der Waals surface area contributed by atoms with Gasteiger partial charge in [0, 0.05) is 12.3 Å². The van der Waals surface area contributed by atoms with E-state index in [-0.39, 0.29) is 11.0 Å². The molecule has 0 bridgehead atoms. The van der Waals surface area contributed by atoms with Crippen molar-refractivity contribution in [1.82, 2.24) is 0 Å². The maximum absolute atomic E-state index is 6.71. The van der Waals surface area contributed by atoms with Crippen molar-refractivity contribution < 1.29 is 4.43 Å². The molecule has 3 heteroatoms. The van der Waals surface area contributed by atoms with Crippen LogP contribution in [0.4, 0.5) is 0 Å². The molecule has 1 aliphatic carbocycles. The normalized spacial score (nSPS) is 22.7. The summed E-state index contributed by atoms with van der Waals surface area (Å²) in [7, 11) is -3.36. The van der Waals surface area contributed by atoms with Crippen LogP contribution in [0.1, 0.15) is 27.2 Å². The second-order valence-electron chi connectivity index (χ2n) is 9.11. The maximum Gasteiger partial charge on any atom is 0.250 e. The van der Waals surface area contributed by atoms with Crippen molar-refractivity contribution in [2.45, 2.75) is 65.0 Å². The van der Waals surface area contributed by atoms with Crippen molar-refractivity contribution in [1.29, 1.82) is 0 Å². The Morgan fingerprint density at radius 2 is 1.78 bits per heavy atom. The van der Waals surface area contributed by atoms with E-state index >= 15 is 0 Å². The van der Waals surface area contributed by atoms with Gasteiger partial charge < -0.3 is 4.43 Å². The average Bonchev–Trinajstić information content (AvgIpc) is 2.37. The molecule has 1 aliphatic rings. The molecule has 0 aliphatic heterocycles. The molecule has 0 unspecified atom stereocenters. The van der Waals surface area contributed by atoms with Gasteiger partial charge in [-0.3, -0.25) is 0 Å². The van der Waals surface area contributed by atoms with Gasteiger partial charge in [-0.15, -0.1) is 18.9 Å². The predicted octanol–water partition coefficient (Wildman–Crippen LogP) is 6.15. The van der Waals surface area contributed by atoms with Gasteiger partial charge in [0.2, 0.25) is 8.32 Å². The van der Waals surface area contributed by atoms with E-state index in [1.165, 1.54) is 5.20 Å². The van der Waals surface area contributed by atoms with Gasteiger partial charge >= 0.3 is 0 Å². The van der Waals surface area contributed by atoms with Gasteiger partial charge in [0.15, 0.2) is 0 Å². The molecule has 0 N–H and O–H groups in total. The molecule has 0 aromatic rings. The third-order valence-corrected chi connectivity index (χ3v) is 11.5. The van der Waals surface area contributed by atoms with Crippen LogP contribution in [0.2, 0.25) is 37.8 Å². The molecule has 0 aromatic carbocycles. The fourth-order valence-electron chi connectivity index (χ4n) is 2.51. The zero-order valence-corrected chi connectivity index (χ0v) is 18.3. The topological polar surface area (TPSA) is 9.23 Å². The van der Waals surface area contributed by atoms with Crippen LogP contribution in [-0.2, 0) is 4.43 Å². The number of hydrogen-bond donors (Lipinski definition) is 0. The van der Waals surface area contributed by atoms with Crippen molar-refractivity contribution >= 4 is 16.4 Å². The highest BCUT2D eigenvalue weighted by Gasteiger charge is 2.41. The van der Waals surface area contributed by atoms with E-state index in [2.05, 4.69) is 78.2 Å². The SMILES string of the molecule is C#CC[C@@H]1C=C([Si](C)(C)C)C(O[Si](C)(C)C(C)(C)C)=C[C@H]1C=C. The molecule has 0 fully saturated rings. The van der Waals surface area contributed by atoms with E-state index in [9.17, 15) is 0 Å². The van der Waals surface area contributed by atoms with Gasteiger partial charge in [-0.25, -0.2) is 0 Å². The Labute approximate surface area is 146 Å². The van der Waals surface area contributed by atoms with E-state index in [0.29, 0.717) is 5.92 Å². The summed E-state index contributed by atoms with van der Waals surface area (Å²) in [6.45, 7) is 22.6. The van der Waals surface area contributed by atoms with Gasteiger partial charge in [-0.2, -0.15) is 0 Å². The van der Waals surface area contributed by atoms with Crippen LogP contribution in [0.15, 0.2) is 35.8 Å². The first kappa shape index (κ1) is 20.1. The standard InChI is InChI=1S/C20H34OSi2/c1-11-13-17-15-19(22(6,7)8)18(14-16(17)12-2)21-23(9,10)20(3,4)5/h1,12,14-17H,2,13H2,3-10H3/t16-,17-/m1/s1. The highest BCUT2D eigenvalue weighted by Crippen LogP contribution is 2.42. The third kappa shape index (κ3) is 4.74. The first-order valence-corrected chi connectivity index (χ1v) is 14.9. The van der Waals surface area contributed by atoms with Gasteiger partial charge in [0.1, 0.15) is 0 Å². The van der Waals surface area contributed by atoms with Gasteiger partial charge in [-0.05, 0) is 35.3 Å². The lowest BCUT2D eigenvalue weighted by molar-refractivity contribution is 0.381. The van der Waals surface area contributed by atoms with E-state index < -0.39 is 16.4 Å². The van der Waals surface area contributed by atoms with E-state index in [1.54, 1.807) is 0 Å². The van der Waals surface area contributed by atoms with E-state index in [4.69, 9.17) is 10.8 Å². The molecule has 0 saturated carbocycles. The number of allylic oxidation sites excluding steroid dienone is 4. The molecule has 0 aromatic heterocycles. The molecule has 0 saturated heterocycles. The fourth-order valence-corrected chi connectivity index (χ4v) is 5.23. The zero-order chi connectivity index (χ0) is 18.1. The van der Waals surface area contributed by atoms with Crippen LogP contribution < -0.4 is 0 Å². The van der Waals surface area contributed by atoms with Crippen LogP contribution in [0.3, 0.4) is 0 Å². The zero-order valence-electron chi connectivity index (χ0n) is 16.3. The number of terminal acetylenes is 1. The lowest BCUT2D eigenvalue weighted by Crippen LogP contribution is -2.42. The molecule has 0 amide bonds. The molecule has 0 radical (unpaired) electrons. The largest absolute Gasteiger partial charge is 0.544 e. The second kappa shape index (κ2) is 6.87. The van der Waals surface area contributed by atoms with Crippen LogP contribution in [-0.4, -0.2) is 16.4 Å². The third-order valence-electron chi connectivity index (χ3n) is 5.09. The Kier molecular flexibility index (Phi) is 5.99. The van der Waals surface area contributed by atoms with Crippen LogP contribution in [0, 0.1) is 24.2 Å². The smallest absolute Gasteiger partial charge is 0.250 e. The predicted molar refractivity (Wildman–Crippen MR) is 108 cm³/mol. The van der Waals surface area contributed by atoms with Crippen LogP contribution >= 0.6 is 0 Å². The number of rotatable bonds is 5. The van der Waals surface area contributed by atoms with Gasteiger partial charge in [0.05, 0.1) is 13.8 Å². The second-order valence-corrected chi connectivity index (χ2v) is 18.9. The Bertz CT molecular complexity index is 548. The highest BCUT2D eigenvalue weighted by molar-refractivity contribution is 6.84. The quantitative estimate of drug-likeness (QED) is 0.329. The summed E-state index contributed by atoms with van der Waals surface area (Å²) in [5.74, 6) is 4.55. The summed E-state index contributed by atoms with van der Waals surface area (Å²) in [5.41, 5.74) is 0. The van der Waals surface area contributed by atoms with Crippen molar-refractivity contribution in [2.24, 2.45) is 11.8 Å². The average molecular weight is 347 g/mol. The monoisotopic (exact) mass is 346 g/mol. The van der Waals surface area contributed by atoms with E-state index in [0.717, 1.165) is 12.2 Å². The van der Waals surface area contributed by atoms with Crippen molar-refractivity contribution in [2.75, 3.05) is 0 Å². The molecule has 0 heterocycles. The minimum absolute atomic E-state index is 0.192. The Morgan fingerprint density at radius 3 is 2.17 bits per heavy atom. The molecule has 2 atom stereocenters. The minimum Gasteiger partial charge on any atom is -0.544 e. The van der Waals surface area contributed by atoms with Crippen molar-refractivity contribution in [3.63, 3.8) is 0 Å². The summed E-state index contributed by atoms with van der Waals surface area (Å²) >= 11 is 0. The Balaban J connectivity index is 3.29. The molecular weight excluding hydrogens is 312 g/mol. The lowest BCUT2D eigenvalue weighted by atomic mass is 9.85. The summed E-state index contributed by atoms with van der Waals surface area (Å²) in [6, 6.07) is 0. The molecule has 1 nitrogen and oxygen atoms in total. The van der Waals surface area contributed by atoms with Crippen molar-refractivity contribution in [3.8, 4) is 12.3 Å². The van der Waals surface area contributed by atoms with E-state index in [1.807, 2.05) is 6.08 Å². The first-order chi connectivity index (χ1) is 10.3. The van der Waals surface area contributed by atoms with Gasteiger partial charge in [-0.1, -0.05) is 52.6 Å².